The molecular formula is C23H20BF2N5O3S. The Morgan fingerprint density at radius 1 is 1.17 bits per heavy atom. The number of sulfonamides is 1. The van der Waals surface area contributed by atoms with Crippen LogP contribution in [0.5, 0.6) is 0 Å². The number of nitrogens with zero attached hydrogens (tertiary/aromatic N) is 2. The van der Waals surface area contributed by atoms with Gasteiger partial charge < -0.3 is 10.3 Å². The van der Waals surface area contributed by atoms with Crippen LogP contribution in [0.3, 0.4) is 0 Å². The first-order chi connectivity index (χ1) is 16.6. The maximum Gasteiger partial charge on any atom is 0.261 e. The molecule has 12 heteroatoms. The summed E-state index contributed by atoms with van der Waals surface area (Å²) in [6, 6.07) is 8.63. The smallest absolute Gasteiger partial charge is 0.261 e. The Bertz CT molecular complexity index is 1560. The molecule has 0 fully saturated rings. The Morgan fingerprint density at radius 3 is 2.66 bits per heavy atom. The fraction of sp³-hybridized carbons (Fsp3) is 0.174. The van der Waals surface area contributed by atoms with Gasteiger partial charge in [0.2, 0.25) is 10.0 Å². The standard InChI is InChI=1S/C23H20BF2N5O3S/c1-3-8-35(33,34)31-17-7-6-16(25)19(20(17)26)23(32)28-14-10-18-22(27-11-14)30-21(29-18)15-5-4-13(24)9-12(15)2/h4-7,9-11,31H,3,8H2,1-2H3,(H,28,32)(H,27,29,30). The average Bonchev–Trinajstić information content (AvgIpc) is 3.18. The summed E-state index contributed by atoms with van der Waals surface area (Å²) in [5.41, 5.74) is 1.90. The number of rotatable bonds is 7. The maximum absolute atomic E-state index is 14.9. The largest absolute Gasteiger partial charge is 0.337 e. The van der Waals surface area contributed by atoms with Gasteiger partial charge in [0.05, 0.1) is 28.8 Å². The molecule has 0 unspecified atom stereocenters. The van der Waals surface area contributed by atoms with Crippen molar-refractivity contribution < 1.29 is 22.0 Å². The molecule has 0 saturated carbocycles. The third-order valence-electron chi connectivity index (χ3n) is 5.16. The minimum Gasteiger partial charge on any atom is -0.337 e. The highest BCUT2D eigenvalue weighted by Crippen LogP contribution is 2.26. The number of H-pyrrole nitrogens is 1. The highest BCUT2D eigenvalue weighted by atomic mass is 32.2. The minimum absolute atomic E-state index is 0.155. The number of pyridine rings is 1. The number of imidazole rings is 1. The molecule has 0 spiro atoms. The van der Waals surface area contributed by atoms with Gasteiger partial charge in [-0.15, -0.1) is 0 Å². The number of carbonyl (C=O) groups is 1. The van der Waals surface area contributed by atoms with E-state index in [9.17, 15) is 22.0 Å². The molecule has 1 amide bonds. The second-order valence-electron chi connectivity index (χ2n) is 7.91. The van der Waals surface area contributed by atoms with Crippen molar-refractivity contribution in [3.63, 3.8) is 0 Å². The molecule has 0 aliphatic heterocycles. The van der Waals surface area contributed by atoms with Gasteiger partial charge >= 0.3 is 0 Å². The summed E-state index contributed by atoms with van der Waals surface area (Å²) in [6.07, 6.45) is 1.60. The first kappa shape index (κ1) is 24.3. The van der Waals surface area contributed by atoms with E-state index < -0.39 is 38.8 Å². The van der Waals surface area contributed by atoms with Crippen molar-refractivity contribution in [2.45, 2.75) is 20.3 Å². The summed E-state index contributed by atoms with van der Waals surface area (Å²) in [7, 11) is 1.95. The molecule has 4 aromatic rings. The Labute approximate surface area is 201 Å². The number of fused-ring (bicyclic) bond motifs is 1. The number of halogens is 2. The van der Waals surface area contributed by atoms with Crippen LogP contribution in [0.15, 0.2) is 42.6 Å². The monoisotopic (exact) mass is 495 g/mol. The first-order valence-electron chi connectivity index (χ1n) is 10.6. The number of anilines is 2. The lowest BCUT2D eigenvalue weighted by Crippen LogP contribution is -2.20. The molecule has 178 valence electrons. The van der Waals surface area contributed by atoms with Crippen LogP contribution in [0.1, 0.15) is 29.3 Å². The van der Waals surface area contributed by atoms with Crippen LogP contribution in [0, 0.1) is 18.6 Å². The van der Waals surface area contributed by atoms with Crippen molar-refractivity contribution in [1.29, 1.82) is 0 Å². The number of amides is 1. The van der Waals surface area contributed by atoms with E-state index in [-0.39, 0.29) is 11.4 Å². The van der Waals surface area contributed by atoms with Gasteiger partial charge in [-0.25, -0.2) is 27.2 Å². The SMILES string of the molecule is [B]c1ccc(-c2nc3ncc(NC(=O)c4c(F)ccc(NS(=O)(=O)CCC)c4F)cc3[nH]2)c(C)c1. The molecule has 2 radical (unpaired) electrons. The lowest BCUT2D eigenvalue weighted by atomic mass is 9.92. The normalized spacial score (nSPS) is 11.5. The summed E-state index contributed by atoms with van der Waals surface area (Å²) in [5.74, 6) is -3.28. The van der Waals surface area contributed by atoms with Crippen LogP contribution in [-0.2, 0) is 10.0 Å². The molecule has 35 heavy (non-hydrogen) atoms. The van der Waals surface area contributed by atoms with Gasteiger partial charge in [0.1, 0.15) is 25.1 Å². The van der Waals surface area contributed by atoms with Gasteiger partial charge in [-0.3, -0.25) is 9.52 Å². The van der Waals surface area contributed by atoms with Crippen LogP contribution in [0.25, 0.3) is 22.6 Å². The number of benzene rings is 2. The van der Waals surface area contributed by atoms with Crippen molar-refractivity contribution in [3.8, 4) is 11.4 Å². The summed E-state index contributed by atoms with van der Waals surface area (Å²) >= 11 is 0. The highest BCUT2D eigenvalue weighted by molar-refractivity contribution is 7.92. The maximum atomic E-state index is 14.9. The molecule has 0 atom stereocenters. The van der Waals surface area contributed by atoms with E-state index in [1.807, 2.05) is 17.7 Å². The molecule has 2 heterocycles. The summed E-state index contributed by atoms with van der Waals surface area (Å²) in [5, 5.41) is 2.39. The van der Waals surface area contributed by atoms with E-state index in [1.54, 1.807) is 19.1 Å². The van der Waals surface area contributed by atoms with Crippen LogP contribution in [0.4, 0.5) is 20.2 Å². The van der Waals surface area contributed by atoms with Crippen LogP contribution >= 0.6 is 0 Å². The third kappa shape index (κ3) is 5.17. The molecule has 3 N–H and O–H groups in total. The summed E-state index contributed by atoms with van der Waals surface area (Å²) in [6.45, 7) is 3.53. The molecule has 4 rings (SSSR count). The zero-order chi connectivity index (χ0) is 25.3. The Kier molecular flexibility index (Phi) is 6.57. The second-order valence-corrected chi connectivity index (χ2v) is 9.76. The second kappa shape index (κ2) is 9.45. The van der Waals surface area contributed by atoms with Crippen molar-refractivity contribution in [1.82, 2.24) is 15.0 Å². The third-order valence-corrected chi connectivity index (χ3v) is 6.63. The zero-order valence-corrected chi connectivity index (χ0v) is 19.6. The average molecular weight is 495 g/mol. The van der Waals surface area contributed by atoms with Gasteiger partial charge in [-0.2, -0.15) is 0 Å². The number of nitrogens with one attached hydrogen (secondary N) is 3. The van der Waals surface area contributed by atoms with E-state index in [0.29, 0.717) is 28.9 Å². The molecule has 0 bridgehead atoms. The lowest BCUT2D eigenvalue weighted by Gasteiger charge is -2.12. The first-order valence-corrected chi connectivity index (χ1v) is 12.3. The molecule has 2 aromatic carbocycles. The van der Waals surface area contributed by atoms with E-state index >= 15 is 0 Å². The van der Waals surface area contributed by atoms with Crippen molar-refractivity contribution in [2.75, 3.05) is 15.8 Å². The van der Waals surface area contributed by atoms with Crippen LogP contribution < -0.4 is 15.5 Å². The number of carbonyl (C=O) groups excluding carboxylic acids is 1. The van der Waals surface area contributed by atoms with E-state index in [2.05, 4.69) is 20.3 Å². The molecule has 8 nitrogen and oxygen atoms in total. The summed E-state index contributed by atoms with van der Waals surface area (Å²) in [4.78, 5) is 24.4. The molecule has 0 saturated heterocycles. The lowest BCUT2D eigenvalue weighted by molar-refractivity contribution is 0.101. The topological polar surface area (TPSA) is 117 Å². The fourth-order valence-electron chi connectivity index (χ4n) is 3.57. The van der Waals surface area contributed by atoms with Gasteiger partial charge in [-0.05, 0) is 37.1 Å². The Balaban J connectivity index is 1.62. The molecular weight excluding hydrogens is 475 g/mol. The predicted octanol–water partition coefficient (Wildman–Crippen LogP) is 3.41. The van der Waals surface area contributed by atoms with Crippen molar-refractivity contribution in [2.24, 2.45) is 0 Å². The number of hydrogen-bond donors (Lipinski definition) is 3. The predicted molar refractivity (Wildman–Crippen MR) is 131 cm³/mol. The Hall–Kier alpha value is -3.80. The molecule has 0 aliphatic rings. The van der Waals surface area contributed by atoms with Gasteiger partial charge in [0, 0.05) is 5.56 Å². The van der Waals surface area contributed by atoms with Crippen LogP contribution in [-0.4, -0.2) is 42.9 Å². The van der Waals surface area contributed by atoms with Gasteiger partial charge in [0.25, 0.3) is 5.91 Å². The number of aryl methyl sites for hydroxylation is 1. The van der Waals surface area contributed by atoms with E-state index in [1.165, 1.54) is 12.3 Å². The van der Waals surface area contributed by atoms with Crippen molar-refractivity contribution in [3.05, 3.63) is 65.4 Å². The number of aromatic amines is 1. The Morgan fingerprint density at radius 2 is 1.94 bits per heavy atom. The fourth-order valence-corrected chi connectivity index (χ4v) is 4.70. The van der Waals surface area contributed by atoms with E-state index in [0.717, 1.165) is 23.3 Å². The quantitative estimate of drug-likeness (QED) is 0.340. The van der Waals surface area contributed by atoms with Crippen LogP contribution in [0.2, 0.25) is 0 Å². The minimum atomic E-state index is -3.84. The van der Waals surface area contributed by atoms with E-state index in [4.69, 9.17) is 7.85 Å². The molecule has 0 aliphatic carbocycles. The highest BCUT2D eigenvalue weighted by Gasteiger charge is 2.23. The molecule has 2 aromatic heterocycles. The van der Waals surface area contributed by atoms with Crippen molar-refractivity contribution >= 4 is 51.8 Å². The zero-order valence-electron chi connectivity index (χ0n) is 18.8. The summed E-state index contributed by atoms with van der Waals surface area (Å²) < 4.78 is 55.3. The number of hydrogen-bond acceptors (Lipinski definition) is 5. The van der Waals surface area contributed by atoms with Gasteiger partial charge in [-0.1, -0.05) is 30.6 Å². The number of aromatic nitrogens is 3. The van der Waals surface area contributed by atoms with Gasteiger partial charge in [0.15, 0.2) is 11.5 Å².